The van der Waals surface area contributed by atoms with Crippen molar-refractivity contribution in [3.05, 3.63) is 59.7 Å². The Morgan fingerprint density at radius 2 is 1.71 bits per heavy atom. The molecule has 4 rings (SSSR count). The van der Waals surface area contributed by atoms with Gasteiger partial charge in [-0.25, -0.2) is 4.79 Å². The fraction of sp³-hybridized carbons (Fsp3) is 0.464. The second kappa shape index (κ2) is 10.5. The first-order valence-electron chi connectivity index (χ1n) is 12.5. The molecule has 0 bridgehead atoms. The van der Waals surface area contributed by atoms with Gasteiger partial charge in [0.25, 0.3) is 0 Å². The number of aliphatic carboxylic acids is 1. The Labute approximate surface area is 206 Å². The van der Waals surface area contributed by atoms with Crippen molar-refractivity contribution in [3.8, 4) is 11.1 Å². The van der Waals surface area contributed by atoms with Crippen LogP contribution < -0.4 is 5.32 Å². The average Bonchev–Trinajstić information content (AvgIpc) is 3.43. The molecule has 2 N–H and O–H groups in total. The smallest absolute Gasteiger partial charge is 0.407 e. The van der Waals surface area contributed by atoms with Crippen LogP contribution in [0.25, 0.3) is 11.1 Å². The summed E-state index contributed by atoms with van der Waals surface area (Å²) in [5.41, 5.74) is 3.77. The molecular formula is C28H34N2O5. The monoisotopic (exact) mass is 478 g/mol. The van der Waals surface area contributed by atoms with E-state index < -0.39 is 17.5 Å². The zero-order valence-corrected chi connectivity index (χ0v) is 20.5. The summed E-state index contributed by atoms with van der Waals surface area (Å²) in [7, 11) is 0. The minimum Gasteiger partial charge on any atom is -0.481 e. The molecule has 0 aromatic heterocycles. The second-order valence-electron chi connectivity index (χ2n) is 9.68. The van der Waals surface area contributed by atoms with E-state index in [0.717, 1.165) is 17.5 Å². The van der Waals surface area contributed by atoms with Crippen molar-refractivity contribution in [2.45, 2.75) is 57.9 Å². The lowest BCUT2D eigenvalue weighted by Crippen LogP contribution is -2.42. The average molecular weight is 479 g/mol. The highest BCUT2D eigenvalue weighted by Crippen LogP contribution is 2.44. The Morgan fingerprint density at radius 1 is 1.09 bits per heavy atom. The maximum atomic E-state index is 12.9. The lowest BCUT2D eigenvalue weighted by molar-refractivity contribution is -0.149. The van der Waals surface area contributed by atoms with Gasteiger partial charge in [0.05, 0.1) is 5.41 Å². The van der Waals surface area contributed by atoms with E-state index >= 15 is 0 Å². The van der Waals surface area contributed by atoms with Gasteiger partial charge in [-0.05, 0) is 41.5 Å². The largest absolute Gasteiger partial charge is 0.481 e. The van der Waals surface area contributed by atoms with E-state index in [2.05, 4.69) is 29.6 Å². The third-order valence-corrected chi connectivity index (χ3v) is 7.47. The summed E-state index contributed by atoms with van der Waals surface area (Å²) in [5.74, 6) is -0.990. The van der Waals surface area contributed by atoms with Gasteiger partial charge < -0.3 is 20.1 Å². The molecule has 2 aromatic carbocycles. The first-order chi connectivity index (χ1) is 16.9. The number of carboxylic acid groups (broad SMARTS) is 1. The molecule has 1 heterocycles. The quantitative estimate of drug-likeness (QED) is 0.540. The highest BCUT2D eigenvalue weighted by Gasteiger charge is 2.45. The van der Waals surface area contributed by atoms with Gasteiger partial charge in [-0.15, -0.1) is 0 Å². The van der Waals surface area contributed by atoms with Crippen molar-refractivity contribution in [1.29, 1.82) is 0 Å². The normalized spacial score (nSPS) is 19.7. The van der Waals surface area contributed by atoms with E-state index in [9.17, 15) is 19.5 Å². The van der Waals surface area contributed by atoms with Crippen molar-refractivity contribution in [2.75, 3.05) is 19.7 Å². The number of ether oxygens (including phenoxy) is 1. The number of hydrogen-bond acceptors (Lipinski definition) is 4. The van der Waals surface area contributed by atoms with Crippen LogP contribution in [0.15, 0.2) is 48.5 Å². The molecule has 2 amide bonds. The van der Waals surface area contributed by atoms with Crippen LogP contribution in [0.4, 0.5) is 4.79 Å². The summed E-state index contributed by atoms with van der Waals surface area (Å²) in [6, 6.07) is 16.0. The molecule has 0 spiro atoms. The fourth-order valence-corrected chi connectivity index (χ4v) is 5.49. The minimum absolute atomic E-state index is 0.0258. The molecule has 1 aliphatic heterocycles. The standard InChI is InChI=1S/C28H34N2O5/c1-3-13-28(26(32)33)14-15-30(18-28)25(31)16-19(4-2)29-27(34)35-17-24-22-11-7-5-9-20(22)21-10-6-8-12-23(21)24/h5-12,19,24H,3-4,13-18H2,1-2H3,(H,29,34)(H,32,33)/t19-,28?/m0/s1. The van der Waals surface area contributed by atoms with Gasteiger partial charge >= 0.3 is 12.1 Å². The number of carbonyl (C=O) groups excluding carboxylic acids is 2. The molecule has 35 heavy (non-hydrogen) atoms. The summed E-state index contributed by atoms with van der Waals surface area (Å²) in [6.07, 6.45) is 1.94. The molecule has 2 aliphatic rings. The van der Waals surface area contributed by atoms with Crippen LogP contribution in [0.1, 0.15) is 63.0 Å². The van der Waals surface area contributed by atoms with Crippen LogP contribution in [0.3, 0.4) is 0 Å². The van der Waals surface area contributed by atoms with E-state index in [-0.39, 0.29) is 37.4 Å². The van der Waals surface area contributed by atoms with Crippen LogP contribution >= 0.6 is 0 Å². The number of fused-ring (bicyclic) bond motifs is 3. The van der Waals surface area contributed by atoms with Gasteiger partial charge in [-0.3, -0.25) is 9.59 Å². The number of hydrogen-bond donors (Lipinski definition) is 2. The molecule has 2 aromatic rings. The Morgan fingerprint density at radius 3 is 2.29 bits per heavy atom. The topological polar surface area (TPSA) is 95.9 Å². The Balaban J connectivity index is 1.33. The zero-order chi connectivity index (χ0) is 25.0. The molecule has 1 unspecified atom stereocenters. The van der Waals surface area contributed by atoms with Crippen molar-refractivity contribution in [2.24, 2.45) is 5.41 Å². The summed E-state index contributed by atoms with van der Waals surface area (Å²) in [5, 5.41) is 12.5. The molecular weight excluding hydrogens is 444 g/mol. The van der Waals surface area contributed by atoms with E-state index in [1.807, 2.05) is 38.1 Å². The number of rotatable bonds is 9. The molecule has 7 nitrogen and oxygen atoms in total. The maximum Gasteiger partial charge on any atom is 0.407 e. The summed E-state index contributed by atoms with van der Waals surface area (Å²) >= 11 is 0. The van der Waals surface area contributed by atoms with E-state index in [1.54, 1.807) is 4.90 Å². The minimum atomic E-state index is -0.855. The predicted octanol–water partition coefficient (Wildman–Crippen LogP) is 4.80. The number of nitrogens with zero attached hydrogens (tertiary/aromatic N) is 1. The lowest BCUT2D eigenvalue weighted by Gasteiger charge is -2.25. The van der Waals surface area contributed by atoms with Gasteiger partial charge in [0.1, 0.15) is 6.61 Å². The van der Waals surface area contributed by atoms with Crippen LogP contribution in [-0.4, -0.2) is 53.7 Å². The van der Waals surface area contributed by atoms with Crippen molar-refractivity contribution >= 4 is 18.0 Å². The first kappa shape index (κ1) is 24.8. The van der Waals surface area contributed by atoms with E-state index in [0.29, 0.717) is 25.8 Å². The molecule has 2 atom stereocenters. The highest BCUT2D eigenvalue weighted by molar-refractivity contribution is 5.82. The van der Waals surface area contributed by atoms with Gasteiger partial charge in [-0.1, -0.05) is 68.8 Å². The van der Waals surface area contributed by atoms with Crippen molar-refractivity contribution < 1.29 is 24.2 Å². The SMILES string of the molecule is CCCC1(C(=O)O)CCN(C(=O)C[C@H](CC)NC(=O)OCC2c3ccccc3-c3ccccc32)C1. The highest BCUT2D eigenvalue weighted by atomic mass is 16.5. The third kappa shape index (κ3) is 5.04. The molecule has 0 radical (unpaired) electrons. The Bertz CT molecular complexity index is 1050. The Hall–Kier alpha value is -3.35. The van der Waals surface area contributed by atoms with E-state index in [1.165, 1.54) is 11.1 Å². The number of carbonyl (C=O) groups is 3. The van der Waals surface area contributed by atoms with Crippen LogP contribution in [-0.2, 0) is 14.3 Å². The van der Waals surface area contributed by atoms with Gasteiger partial charge in [-0.2, -0.15) is 0 Å². The molecule has 7 heteroatoms. The third-order valence-electron chi connectivity index (χ3n) is 7.47. The van der Waals surface area contributed by atoms with Crippen LogP contribution in [0, 0.1) is 5.41 Å². The Kier molecular flexibility index (Phi) is 7.43. The summed E-state index contributed by atoms with van der Waals surface area (Å²) < 4.78 is 5.62. The van der Waals surface area contributed by atoms with Gasteiger partial charge in [0, 0.05) is 31.5 Å². The van der Waals surface area contributed by atoms with Crippen LogP contribution in [0.2, 0.25) is 0 Å². The summed E-state index contributed by atoms with van der Waals surface area (Å²) in [4.78, 5) is 39.0. The number of benzene rings is 2. The van der Waals surface area contributed by atoms with Crippen molar-refractivity contribution in [1.82, 2.24) is 10.2 Å². The number of alkyl carbamates (subject to hydrolysis) is 1. The van der Waals surface area contributed by atoms with Gasteiger partial charge in [0.2, 0.25) is 5.91 Å². The lowest BCUT2D eigenvalue weighted by atomic mass is 9.83. The second-order valence-corrected chi connectivity index (χ2v) is 9.68. The molecule has 0 saturated carbocycles. The molecule has 1 saturated heterocycles. The number of likely N-dealkylation sites (tertiary alicyclic amines) is 1. The number of carboxylic acids is 1. The maximum absolute atomic E-state index is 12.9. The molecule has 1 aliphatic carbocycles. The van der Waals surface area contributed by atoms with Gasteiger partial charge in [0.15, 0.2) is 0 Å². The molecule has 186 valence electrons. The zero-order valence-electron chi connectivity index (χ0n) is 20.5. The number of nitrogens with one attached hydrogen (secondary N) is 1. The number of amides is 2. The van der Waals surface area contributed by atoms with Crippen molar-refractivity contribution in [3.63, 3.8) is 0 Å². The van der Waals surface area contributed by atoms with Crippen LogP contribution in [0.5, 0.6) is 0 Å². The fourth-order valence-electron chi connectivity index (χ4n) is 5.49. The summed E-state index contributed by atoms with van der Waals surface area (Å²) in [6.45, 7) is 4.75. The van der Waals surface area contributed by atoms with E-state index in [4.69, 9.17) is 4.74 Å². The molecule has 1 fully saturated rings. The predicted molar refractivity (Wildman–Crippen MR) is 133 cm³/mol. The first-order valence-corrected chi connectivity index (χ1v) is 12.5.